The number of anilines is 1. The molecule has 0 saturated heterocycles. The molecule has 1 aromatic heterocycles. The second-order valence-corrected chi connectivity index (χ2v) is 6.68. The van der Waals surface area contributed by atoms with Crippen LogP contribution in [-0.2, 0) is 5.75 Å². The van der Waals surface area contributed by atoms with Gasteiger partial charge in [0.15, 0.2) is 0 Å². The number of rotatable bonds is 5. The predicted molar refractivity (Wildman–Crippen MR) is 89.3 cm³/mol. The number of thioether (sulfide) groups is 1. The van der Waals surface area contributed by atoms with Gasteiger partial charge in [0, 0.05) is 11.9 Å². The first-order chi connectivity index (χ1) is 10.0. The van der Waals surface area contributed by atoms with Crippen molar-refractivity contribution in [3.63, 3.8) is 0 Å². The van der Waals surface area contributed by atoms with Crippen molar-refractivity contribution < 1.29 is 4.39 Å². The summed E-state index contributed by atoms with van der Waals surface area (Å²) in [5.41, 5.74) is 0.976. The van der Waals surface area contributed by atoms with Gasteiger partial charge < -0.3 is 5.32 Å². The Kier molecular flexibility index (Phi) is 5.58. The Morgan fingerprint density at radius 2 is 2.10 bits per heavy atom. The first-order valence-electron chi connectivity index (χ1n) is 6.63. The van der Waals surface area contributed by atoms with Gasteiger partial charge in [0.25, 0.3) is 0 Å². The van der Waals surface area contributed by atoms with Gasteiger partial charge in [0.05, 0.1) is 15.9 Å². The van der Waals surface area contributed by atoms with Crippen LogP contribution < -0.4 is 5.32 Å². The number of nitrogens with one attached hydrogen (secondary N) is 1. The number of benzene rings is 1. The Bertz CT molecular complexity index is 634. The second kappa shape index (κ2) is 7.22. The molecule has 0 radical (unpaired) electrons. The van der Waals surface area contributed by atoms with Crippen LogP contribution in [0.5, 0.6) is 0 Å². The summed E-state index contributed by atoms with van der Waals surface area (Å²) in [5.74, 6) is 2.19. The van der Waals surface area contributed by atoms with E-state index in [4.69, 9.17) is 0 Å². The number of nitrogens with zero attached hydrogens (tertiary/aromatic N) is 2. The standard InChI is InChI=1S/C15H17BrFN3S/c1-9(2)14-13(16)15(18-3)20-12(19-14)8-21-11-6-4-5-10(17)7-11/h4-7,9H,8H2,1-3H3,(H,18,19,20). The fourth-order valence-electron chi connectivity index (χ4n) is 1.83. The van der Waals surface area contributed by atoms with Crippen LogP contribution in [0.4, 0.5) is 10.2 Å². The highest BCUT2D eigenvalue weighted by atomic mass is 79.9. The van der Waals surface area contributed by atoms with Crippen LogP contribution in [0, 0.1) is 5.82 Å². The molecule has 0 fully saturated rings. The molecule has 1 N–H and O–H groups in total. The zero-order valence-electron chi connectivity index (χ0n) is 12.2. The molecule has 0 aliphatic heterocycles. The van der Waals surface area contributed by atoms with E-state index in [9.17, 15) is 4.39 Å². The van der Waals surface area contributed by atoms with Gasteiger partial charge in [-0.3, -0.25) is 0 Å². The minimum atomic E-state index is -0.226. The van der Waals surface area contributed by atoms with Gasteiger partial charge >= 0.3 is 0 Å². The molecule has 0 unspecified atom stereocenters. The molecule has 112 valence electrons. The van der Waals surface area contributed by atoms with E-state index in [0.29, 0.717) is 11.7 Å². The quantitative estimate of drug-likeness (QED) is 0.765. The zero-order chi connectivity index (χ0) is 15.4. The lowest BCUT2D eigenvalue weighted by Crippen LogP contribution is -2.06. The normalized spacial score (nSPS) is 11.0. The van der Waals surface area contributed by atoms with E-state index in [1.165, 1.54) is 23.9 Å². The Labute approximate surface area is 136 Å². The maximum absolute atomic E-state index is 13.2. The van der Waals surface area contributed by atoms with Crippen LogP contribution in [0.1, 0.15) is 31.3 Å². The van der Waals surface area contributed by atoms with Gasteiger partial charge in [-0.05, 0) is 40.0 Å². The number of hydrogen-bond acceptors (Lipinski definition) is 4. The molecule has 1 aromatic carbocycles. The van der Waals surface area contributed by atoms with Crippen LogP contribution in [0.25, 0.3) is 0 Å². The minimum Gasteiger partial charge on any atom is -0.372 e. The summed E-state index contributed by atoms with van der Waals surface area (Å²) in [4.78, 5) is 9.97. The van der Waals surface area contributed by atoms with Crippen molar-refractivity contribution in [1.29, 1.82) is 0 Å². The maximum atomic E-state index is 13.2. The predicted octanol–water partition coefficient (Wildman–Crippen LogP) is 4.84. The third-order valence-electron chi connectivity index (χ3n) is 2.87. The summed E-state index contributed by atoms with van der Waals surface area (Å²) in [5, 5.41) is 3.07. The monoisotopic (exact) mass is 369 g/mol. The first kappa shape index (κ1) is 16.2. The van der Waals surface area contributed by atoms with Crippen LogP contribution in [0.15, 0.2) is 33.6 Å². The van der Waals surface area contributed by atoms with Crippen molar-refractivity contribution >= 4 is 33.5 Å². The summed E-state index contributed by atoms with van der Waals surface area (Å²) in [6.45, 7) is 4.19. The molecule has 0 atom stereocenters. The largest absolute Gasteiger partial charge is 0.372 e. The average Bonchev–Trinajstić information content (AvgIpc) is 2.46. The molecule has 0 spiro atoms. The third-order valence-corrected chi connectivity index (χ3v) is 4.64. The maximum Gasteiger partial charge on any atom is 0.144 e. The van der Waals surface area contributed by atoms with E-state index in [1.807, 2.05) is 13.1 Å². The van der Waals surface area contributed by atoms with Crippen LogP contribution >= 0.6 is 27.7 Å². The lowest BCUT2D eigenvalue weighted by atomic mass is 10.1. The van der Waals surface area contributed by atoms with E-state index >= 15 is 0 Å². The lowest BCUT2D eigenvalue weighted by molar-refractivity contribution is 0.624. The molecule has 0 aliphatic carbocycles. The average molecular weight is 370 g/mol. The molecule has 21 heavy (non-hydrogen) atoms. The highest BCUT2D eigenvalue weighted by Crippen LogP contribution is 2.30. The fraction of sp³-hybridized carbons (Fsp3) is 0.333. The molecule has 0 bridgehead atoms. The fourth-order valence-corrected chi connectivity index (χ4v) is 3.46. The van der Waals surface area contributed by atoms with Crippen molar-refractivity contribution in [2.45, 2.75) is 30.4 Å². The van der Waals surface area contributed by atoms with E-state index in [1.54, 1.807) is 6.07 Å². The summed E-state index contributed by atoms with van der Waals surface area (Å²) < 4.78 is 14.1. The van der Waals surface area contributed by atoms with Crippen LogP contribution in [-0.4, -0.2) is 17.0 Å². The lowest BCUT2D eigenvalue weighted by Gasteiger charge is -2.13. The Hall–Kier alpha value is -1.14. The van der Waals surface area contributed by atoms with Crippen molar-refractivity contribution in [2.75, 3.05) is 12.4 Å². The molecule has 0 saturated carbocycles. The molecular weight excluding hydrogens is 353 g/mol. The van der Waals surface area contributed by atoms with E-state index in [0.717, 1.165) is 26.7 Å². The SMILES string of the molecule is CNc1nc(CSc2cccc(F)c2)nc(C(C)C)c1Br. The van der Waals surface area contributed by atoms with Crippen molar-refractivity contribution in [2.24, 2.45) is 0 Å². The first-order valence-corrected chi connectivity index (χ1v) is 8.41. The molecule has 3 nitrogen and oxygen atoms in total. The molecule has 2 rings (SSSR count). The molecule has 6 heteroatoms. The highest BCUT2D eigenvalue weighted by molar-refractivity contribution is 9.10. The topological polar surface area (TPSA) is 37.8 Å². The molecule has 2 aromatic rings. The van der Waals surface area contributed by atoms with Crippen molar-refractivity contribution in [1.82, 2.24) is 9.97 Å². The van der Waals surface area contributed by atoms with Gasteiger partial charge in [0.1, 0.15) is 17.5 Å². The summed E-state index contributed by atoms with van der Waals surface area (Å²) in [6.07, 6.45) is 0. The summed E-state index contributed by atoms with van der Waals surface area (Å²) >= 11 is 5.06. The van der Waals surface area contributed by atoms with Crippen LogP contribution in [0.3, 0.4) is 0 Å². The Balaban J connectivity index is 2.22. The summed E-state index contributed by atoms with van der Waals surface area (Å²) in [7, 11) is 1.83. The van der Waals surface area contributed by atoms with Crippen molar-refractivity contribution in [3.05, 3.63) is 46.1 Å². The Morgan fingerprint density at radius 3 is 2.71 bits per heavy atom. The van der Waals surface area contributed by atoms with Gasteiger partial charge in [0.2, 0.25) is 0 Å². The van der Waals surface area contributed by atoms with E-state index in [-0.39, 0.29) is 5.82 Å². The third kappa shape index (κ3) is 4.17. The van der Waals surface area contributed by atoms with Gasteiger partial charge in [-0.1, -0.05) is 19.9 Å². The zero-order valence-corrected chi connectivity index (χ0v) is 14.6. The van der Waals surface area contributed by atoms with E-state index in [2.05, 4.69) is 45.1 Å². The Morgan fingerprint density at radius 1 is 1.33 bits per heavy atom. The number of aromatic nitrogens is 2. The van der Waals surface area contributed by atoms with Gasteiger partial charge in [-0.2, -0.15) is 0 Å². The minimum absolute atomic E-state index is 0.226. The van der Waals surface area contributed by atoms with E-state index < -0.39 is 0 Å². The summed E-state index contributed by atoms with van der Waals surface area (Å²) in [6, 6.07) is 6.55. The number of hydrogen-bond donors (Lipinski definition) is 1. The van der Waals surface area contributed by atoms with Gasteiger partial charge in [-0.15, -0.1) is 11.8 Å². The molecular formula is C15H17BrFN3S. The highest BCUT2D eigenvalue weighted by Gasteiger charge is 2.14. The smallest absolute Gasteiger partial charge is 0.144 e. The molecule has 0 aliphatic rings. The molecule has 0 amide bonds. The van der Waals surface area contributed by atoms with Crippen LogP contribution in [0.2, 0.25) is 0 Å². The second-order valence-electron chi connectivity index (χ2n) is 4.84. The van der Waals surface area contributed by atoms with Crippen molar-refractivity contribution in [3.8, 4) is 0 Å². The molecule has 1 heterocycles. The van der Waals surface area contributed by atoms with Gasteiger partial charge in [-0.25, -0.2) is 14.4 Å². The number of halogens is 2.